The smallest absolute Gasteiger partial charge is 0.328 e. The minimum absolute atomic E-state index is 0.0951. The van der Waals surface area contributed by atoms with Crippen LogP contribution >= 0.6 is 11.6 Å². The van der Waals surface area contributed by atoms with E-state index in [-0.39, 0.29) is 5.91 Å². The van der Waals surface area contributed by atoms with Crippen molar-refractivity contribution in [3.8, 4) is 0 Å². The number of hydrogen-bond donors (Lipinski definition) is 1. The lowest BCUT2D eigenvalue weighted by atomic mass is 10.1. The number of amides is 1. The quantitative estimate of drug-likeness (QED) is 0.866. The van der Waals surface area contributed by atoms with Crippen molar-refractivity contribution >= 4 is 17.5 Å². The van der Waals surface area contributed by atoms with Gasteiger partial charge in [0.05, 0.1) is 31.7 Å². The molecule has 0 aliphatic carbocycles. The van der Waals surface area contributed by atoms with Gasteiger partial charge in [0.25, 0.3) is 5.91 Å². The second kappa shape index (κ2) is 7.68. The molecule has 2 aromatic rings. The molecule has 0 radical (unpaired) electrons. The van der Waals surface area contributed by atoms with Crippen molar-refractivity contribution in [3.05, 3.63) is 70.2 Å². The van der Waals surface area contributed by atoms with Gasteiger partial charge in [-0.2, -0.15) is 13.2 Å². The predicted molar refractivity (Wildman–Crippen MR) is 93.2 cm³/mol. The van der Waals surface area contributed by atoms with Crippen LogP contribution in [-0.2, 0) is 12.7 Å². The van der Waals surface area contributed by atoms with Gasteiger partial charge in [-0.1, -0.05) is 35.9 Å². The lowest BCUT2D eigenvalue weighted by Crippen LogP contribution is -3.13. The molecule has 1 saturated heterocycles. The molecular formula is C19H19ClF3N2O+. The first-order valence-corrected chi connectivity index (χ1v) is 8.76. The minimum Gasteiger partial charge on any atom is -0.328 e. The number of alkyl halides is 3. The Hall–Kier alpha value is -2.05. The number of benzene rings is 2. The van der Waals surface area contributed by atoms with Crippen LogP contribution in [0.1, 0.15) is 21.5 Å². The van der Waals surface area contributed by atoms with Crippen LogP contribution in [0.5, 0.6) is 0 Å². The van der Waals surface area contributed by atoms with E-state index in [1.54, 1.807) is 35.2 Å². The van der Waals surface area contributed by atoms with Gasteiger partial charge in [0.1, 0.15) is 6.54 Å². The summed E-state index contributed by atoms with van der Waals surface area (Å²) in [5, 5.41) is 0.504. The lowest BCUT2D eigenvalue weighted by molar-refractivity contribution is -0.917. The normalized spacial score (nSPS) is 15.9. The summed E-state index contributed by atoms with van der Waals surface area (Å²) in [5.74, 6) is -0.0951. The van der Waals surface area contributed by atoms with Gasteiger partial charge in [0.15, 0.2) is 0 Å². The third-order valence-electron chi connectivity index (χ3n) is 4.59. The van der Waals surface area contributed by atoms with Gasteiger partial charge in [-0.25, -0.2) is 0 Å². The van der Waals surface area contributed by atoms with Gasteiger partial charge >= 0.3 is 6.18 Å². The number of rotatable bonds is 3. The molecule has 1 fully saturated rings. The number of nitrogens with zero attached hydrogens (tertiary/aromatic N) is 1. The van der Waals surface area contributed by atoms with E-state index in [4.69, 9.17) is 11.6 Å². The molecule has 3 rings (SSSR count). The third-order valence-corrected chi connectivity index (χ3v) is 4.83. The van der Waals surface area contributed by atoms with Gasteiger partial charge in [-0.15, -0.1) is 0 Å². The standard InChI is InChI=1S/C19H18ClF3N2O/c20-16-6-3-5-14(12-16)18(26)25-10-8-24(9-11-25)13-15-4-1-2-7-17(15)19(21,22)23/h1-7,12H,8-11,13H2/p+1. The Morgan fingerprint density at radius 2 is 1.77 bits per heavy atom. The fraction of sp³-hybridized carbons (Fsp3) is 0.316. The Kier molecular flexibility index (Phi) is 5.53. The summed E-state index contributed by atoms with van der Waals surface area (Å²) in [6.45, 7) is 2.54. The molecular weight excluding hydrogens is 365 g/mol. The first-order valence-electron chi connectivity index (χ1n) is 8.38. The number of quaternary nitrogens is 1. The van der Waals surface area contributed by atoms with Crippen molar-refractivity contribution in [3.63, 3.8) is 0 Å². The Bertz CT molecular complexity index is 786. The molecule has 0 aromatic heterocycles. The van der Waals surface area contributed by atoms with Crippen LogP contribution < -0.4 is 4.90 Å². The molecule has 0 bridgehead atoms. The molecule has 1 aliphatic rings. The van der Waals surface area contributed by atoms with Crippen LogP contribution in [0, 0.1) is 0 Å². The summed E-state index contributed by atoms with van der Waals surface area (Å²) in [5.41, 5.74) is 0.248. The van der Waals surface area contributed by atoms with Crippen molar-refractivity contribution < 1.29 is 22.9 Å². The van der Waals surface area contributed by atoms with Crippen molar-refractivity contribution in [2.45, 2.75) is 12.7 Å². The van der Waals surface area contributed by atoms with Crippen LogP contribution in [0.4, 0.5) is 13.2 Å². The van der Waals surface area contributed by atoms with E-state index >= 15 is 0 Å². The number of piperazine rings is 1. The maximum Gasteiger partial charge on any atom is 0.416 e. The first-order chi connectivity index (χ1) is 12.3. The van der Waals surface area contributed by atoms with E-state index in [1.165, 1.54) is 12.1 Å². The average Bonchev–Trinajstić information content (AvgIpc) is 2.61. The summed E-state index contributed by atoms with van der Waals surface area (Å²) in [6, 6.07) is 12.5. The van der Waals surface area contributed by atoms with Crippen molar-refractivity contribution in [1.29, 1.82) is 0 Å². The molecule has 0 atom stereocenters. The van der Waals surface area contributed by atoms with Crippen LogP contribution in [-0.4, -0.2) is 37.0 Å². The van der Waals surface area contributed by atoms with E-state index in [1.807, 2.05) is 0 Å². The first kappa shape index (κ1) is 18.7. The Labute approximate surface area is 155 Å². The number of nitrogens with one attached hydrogen (secondary N) is 1. The van der Waals surface area contributed by atoms with Crippen LogP contribution in [0.2, 0.25) is 5.02 Å². The Morgan fingerprint density at radius 1 is 1.08 bits per heavy atom. The zero-order chi connectivity index (χ0) is 18.7. The van der Waals surface area contributed by atoms with E-state index in [0.29, 0.717) is 48.9 Å². The Balaban J connectivity index is 1.62. The summed E-state index contributed by atoms with van der Waals surface area (Å²) < 4.78 is 39.4. The average molecular weight is 384 g/mol. The zero-order valence-corrected chi connectivity index (χ0v) is 14.8. The molecule has 3 nitrogen and oxygen atoms in total. The van der Waals surface area contributed by atoms with Gasteiger partial charge in [-0.3, -0.25) is 4.79 Å². The molecule has 7 heteroatoms. The highest BCUT2D eigenvalue weighted by atomic mass is 35.5. The molecule has 0 spiro atoms. The second-order valence-electron chi connectivity index (χ2n) is 6.38. The van der Waals surface area contributed by atoms with Gasteiger partial charge in [-0.05, 0) is 24.3 Å². The highest BCUT2D eigenvalue weighted by molar-refractivity contribution is 6.30. The lowest BCUT2D eigenvalue weighted by Gasteiger charge is -2.32. The third kappa shape index (κ3) is 4.37. The molecule has 1 aliphatic heterocycles. The SMILES string of the molecule is O=C(c1cccc(Cl)c1)N1CC[NH+](Cc2ccccc2C(F)(F)F)CC1. The van der Waals surface area contributed by atoms with Crippen molar-refractivity contribution in [2.75, 3.05) is 26.2 Å². The largest absolute Gasteiger partial charge is 0.416 e. The number of carbonyl (C=O) groups is 1. The molecule has 138 valence electrons. The fourth-order valence-corrected chi connectivity index (χ4v) is 3.42. The van der Waals surface area contributed by atoms with Crippen LogP contribution in [0.25, 0.3) is 0 Å². The zero-order valence-electron chi connectivity index (χ0n) is 14.0. The van der Waals surface area contributed by atoms with E-state index in [2.05, 4.69) is 0 Å². The summed E-state index contributed by atoms with van der Waals surface area (Å²) in [6.07, 6.45) is -4.35. The highest BCUT2D eigenvalue weighted by Gasteiger charge is 2.34. The van der Waals surface area contributed by atoms with Crippen molar-refractivity contribution in [2.24, 2.45) is 0 Å². The van der Waals surface area contributed by atoms with Crippen molar-refractivity contribution in [1.82, 2.24) is 4.90 Å². The second-order valence-corrected chi connectivity index (χ2v) is 6.82. The number of carbonyl (C=O) groups excluding carboxylic acids is 1. The van der Waals surface area contributed by atoms with Gasteiger partial charge < -0.3 is 9.80 Å². The monoisotopic (exact) mass is 383 g/mol. The minimum atomic E-state index is -4.35. The summed E-state index contributed by atoms with van der Waals surface area (Å²) >= 11 is 5.93. The molecule has 26 heavy (non-hydrogen) atoms. The molecule has 0 unspecified atom stereocenters. The number of halogens is 4. The molecule has 1 amide bonds. The predicted octanol–water partition coefficient (Wildman–Crippen LogP) is 2.90. The van der Waals surface area contributed by atoms with Gasteiger partial charge in [0, 0.05) is 16.1 Å². The van der Waals surface area contributed by atoms with Crippen LogP contribution in [0.3, 0.4) is 0 Å². The molecule has 2 aromatic carbocycles. The Morgan fingerprint density at radius 3 is 2.42 bits per heavy atom. The van der Waals surface area contributed by atoms with E-state index in [0.717, 1.165) is 11.0 Å². The molecule has 1 heterocycles. The summed E-state index contributed by atoms with van der Waals surface area (Å²) in [4.78, 5) is 15.3. The number of hydrogen-bond acceptors (Lipinski definition) is 1. The molecule has 1 N–H and O–H groups in total. The summed E-state index contributed by atoms with van der Waals surface area (Å²) in [7, 11) is 0. The topological polar surface area (TPSA) is 24.8 Å². The van der Waals surface area contributed by atoms with E-state index < -0.39 is 11.7 Å². The maximum absolute atomic E-state index is 13.1. The van der Waals surface area contributed by atoms with Crippen LogP contribution in [0.15, 0.2) is 48.5 Å². The van der Waals surface area contributed by atoms with E-state index in [9.17, 15) is 18.0 Å². The molecule has 0 saturated carbocycles. The maximum atomic E-state index is 13.1. The highest BCUT2D eigenvalue weighted by Crippen LogP contribution is 2.31. The fourth-order valence-electron chi connectivity index (χ4n) is 3.23. The van der Waals surface area contributed by atoms with Gasteiger partial charge in [0.2, 0.25) is 0 Å².